The van der Waals surface area contributed by atoms with Gasteiger partial charge in [-0.05, 0) is 25.7 Å². The molecule has 0 saturated carbocycles. The van der Waals surface area contributed by atoms with Gasteiger partial charge < -0.3 is 39.6 Å². The minimum absolute atomic E-state index is 0. The molecule has 0 bridgehead atoms. The first-order valence-electron chi connectivity index (χ1n) is 4.05. The van der Waals surface area contributed by atoms with Crippen molar-refractivity contribution in [3.8, 4) is 0 Å². The summed E-state index contributed by atoms with van der Waals surface area (Å²) in [5.41, 5.74) is 0. The van der Waals surface area contributed by atoms with E-state index in [1.54, 1.807) is 0 Å². The summed E-state index contributed by atoms with van der Waals surface area (Å²) in [6.07, 6.45) is -1.88. The number of carboxylic acids is 4. The zero-order valence-corrected chi connectivity index (χ0v) is 13.9. The van der Waals surface area contributed by atoms with Gasteiger partial charge in [-0.15, -0.1) is 0 Å². The molecule has 0 rings (SSSR count). The first-order chi connectivity index (χ1) is 7.25. The van der Waals surface area contributed by atoms with E-state index in [2.05, 4.69) is 0 Å². The normalized spacial score (nSPS) is 7.56. The molecule has 0 aliphatic heterocycles. The van der Waals surface area contributed by atoms with Gasteiger partial charge in [0, 0.05) is 23.9 Å². The van der Waals surface area contributed by atoms with E-state index < -0.39 is 49.6 Å². The smallest absolute Gasteiger partial charge is 0.550 e. The van der Waals surface area contributed by atoms with Gasteiger partial charge in [0.1, 0.15) is 0 Å². The molecular weight excluding hydrogens is 304 g/mol. The summed E-state index contributed by atoms with van der Waals surface area (Å²) in [5.74, 6) is -5.47. The summed E-state index contributed by atoms with van der Waals surface area (Å²) >= 11 is 0. The van der Waals surface area contributed by atoms with E-state index in [1.807, 2.05) is 0 Å². The van der Waals surface area contributed by atoms with Gasteiger partial charge >= 0.3 is 75.5 Å². The second kappa shape index (κ2) is 17.4. The average Bonchev–Trinajstić information content (AvgIpc) is 2.12. The molecule has 0 fully saturated rings. The summed E-state index contributed by atoms with van der Waals surface area (Å²) in [6.45, 7) is 0. The van der Waals surface area contributed by atoms with Crippen LogP contribution in [0.15, 0.2) is 0 Å². The topological polar surface area (TPSA) is 161 Å². The van der Waals surface area contributed by atoms with Gasteiger partial charge in [-0.25, -0.2) is 0 Å². The summed E-state index contributed by atoms with van der Waals surface area (Å²) in [7, 11) is 0. The van der Waals surface area contributed by atoms with E-state index >= 15 is 0 Å². The minimum atomic E-state index is -1.37. The molecule has 0 radical (unpaired) electrons. The Hall–Kier alpha value is 0.399. The number of carbonyl (C=O) groups is 4. The fourth-order valence-corrected chi connectivity index (χ4v) is 0.408. The number of aliphatic carboxylic acids is 4. The molecule has 0 amide bonds. The van der Waals surface area contributed by atoms with Crippen LogP contribution in [0, 0.1) is 0 Å². The monoisotopic (exact) mass is 312 g/mol. The fourth-order valence-electron chi connectivity index (χ4n) is 0.408. The molecule has 8 nitrogen and oxygen atoms in total. The van der Waals surface area contributed by atoms with Crippen LogP contribution in [0.4, 0.5) is 0 Å². The van der Waals surface area contributed by atoms with Crippen LogP contribution >= 0.6 is 0 Å². The van der Waals surface area contributed by atoms with Crippen LogP contribution in [-0.2, 0) is 19.2 Å². The largest absolute Gasteiger partial charge is 2.00 e. The van der Waals surface area contributed by atoms with Crippen molar-refractivity contribution < 1.29 is 39.6 Å². The van der Waals surface area contributed by atoms with Crippen molar-refractivity contribution in [2.75, 3.05) is 0 Å². The molecule has 0 heterocycles. The molecule has 0 atom stereocenters. The van der Waals surface area contributed by atoms with Crippen molar-refractivity contribution in [2.45, 2.75) is 25.7 Å². The Kier molecular flexibility index (Phi) is 26.0. The van der Waals surface area contributed by atoms with Crippen molar-refractivity contribution >= 4 is 99.4 Å². The zero-order chi connectivity index (χ0) is 13.1. The molecule has 0 unspecified atom stereocenters. The molecule has 0 N–H and O–H groups in total. The van der Waals surface area contributed by atoms with E-state index in [-0.39, 0.29) is 75.5 Å². The Labute approximate surface area is 162 Å². The van der Waals surface area contributed by atoms with E-state index in [0.717, 1.165) is 0 Å². The van der Waals surface area contributed by atoms with Gasteiger partial charge in [0.15, 0.2) is 0 Å². The van der Waals surface area contributed by atoms with E-state index in [1.165, 1.54) is 0 Å². The molecule has 0 aromatic carbocycles. The summed E-state index contributed by atoms with van der Waals surface area (Å²) in [4.78, 5) is 38.0. The van der Waals surface area contributed by atoms with E-state index in [9.17, 15) is 39.6 Å². The van der Waals surface area contributed by atoms with Gasteiger partial charge in [0.05, 0.1) is 0 Å². The van der Waals surface area contributed by atoms with Gasteiger partial charge in [0.2, 0.25) is 0 Å². The second-order valence-electron chi connectivity index (χ2n) is 2.49. The first kappa shape index (κ1) is 26.9. The quantitative estimate of drug-likeness (QED) is 0.437. The molecular formula is C8H8Ca2O8. The van der Waals surface area contributed by atoms with E-state index in [4.69, 9.17) is 0 Å². The number of rotatable bonds is 6. The maximum absolute atomic E-state index is 9.50. The number of carboxylic acid groups (broad SMARTS) is 4. The van der Waals surface area contributed by atoms with Crippen molar-refractivity contribution in [3.05, 3.63) is 0 Å². The van der Waals surface area contributed by atoms with Gasteiger partial charge in [-0.1, -0.05) is 0 Å². The minimum Gasteiger partial charge on any atom is -0.550 e. The molecule has 0 aliphatic carbocycles. The third kappa shape index (κ3) is 36.0. The molecule has 10 heteroatoms. The van der Waals surface area contributed by atoms with Crippen LogP contribution in [0.1, 0.15) is 25.7 Å². The Morgan fingerprint density at radius 1 is 0.500 bits per heavy atom. The molecule has 18 heavy (non-hydrogen) atoms. The summed E-state index contributed by atoms with van der Waals surface area (Å²) in [5, 5.41) is 38.0. The maximum Gasteiger partial charge on any atom is 2.00 e. The maximum atomic E-state index is 9.50. The van der Waals surface area contributed by atoms with Crippen molar-refractivity contribution in [1.82, 2.24) is 0 Å². The van der Waals surface area contributed by atoms with Crippen LogP contribution < -0.4 is 20.4 Å². The number of hydrogen-bond acceptors (Lipinski definition) is 8. The second-order valence-corrected chi connectivity index (χ2v) is 2.49. The standard InChI is InChI=1S/2C4H6O4.2Ca/c2*5-3(6)1-2-4(7)8;;/h2*1-2H2,(H,5,6)(H,7,8);;/q;;2*+2/p-4. The van der Waals surface area contributed by atoms with Gasteiger partial charge in [-0.3, -0.25) is 0 Å². The number of carbonyl (C=O) groups excluding carboxylic acids is 4. The predicted molar refractivity (Wildman–Crippen MR) is 50.0 cm³/mol. The van der Waals surface area contributed by atoms with Crippen LogP contribution in [0.25, 0.3) is 0 Å². The number of hydrogen-bond donors (Lipinski definition) is 0. The van der Waals surface area contributed by atoms with Crippen molar-refractivity contribution in [2.24, 2.45) is 0 Å². The molecule has 0 saturated heterocycles. The molecule has 0 aromatic heterocycles. The van der Waals surface area contributed by atoms with Crippen LogP contribution in [0.2, 0.25) is 0 Å². The molecule has 0 aromatic rings. The fraction of sp³-hybridized carbons (Fsp3) is 0.500. The first-order valence-corrected chi connectivity index (χ1v) is 4.05. The summed E-state index contributed by atoms with van der Waals surface area (Å²) < 4.78 is 0. The van der Waals surface area contributed by atoms with Gasteiger partial charge in [0.25, 0.3) is 0 Å². The van der Waals surface area contributed by atoms with Gasteiger partial charge in [-0.2, -0.15) is 0 Å². The third-order valence-corrected chi connectivity index (χ3v) is 1.07. The summed E-state index contributed by atoms with van der Waals surface area (Å²) in [6, 6.07) is 0. The Morgan fingerprint density at radius 3 is 0.667 bits per heavy atom. The third-order valence-electron chi connectivity index (χ3n) is 1.07. The van der Waals surface area contributed by atoms with Crippen molar-refractivity contribution in [3.63, 3.8) is 0 Å². The Morgan fingerprint density at radius 2 is 0.611 bits per heavy atom. The van der Waals surface area contributed by atoms with E-state index in [0.29, 0.717) is 0 Å². The van der Waals surface area contributed by atoms with Crippen molar-refractivity contribution in [1.29, 1.82) is 0 Å². The van der Waals surface area contributed by atoms with Crippen LogP contribution in [0.5, 0.6) is 0 Å². The predicted octanol–water partition coefficient (Wildman–Crippen LogP) is -6.23. The Bertz CT molecular complexity index is 222. The van der Waals surface area contributed by atoms with Crippen LogP contribution in [0.3, 0.4) is 0 Å². The molecule has 92 valence electrons. The Balaban J connectivity index is -0.0000000980. The average molecular weight is 312 g/mol. The zero-order valence-electron chi connectivity index (χ0n) is 9.51. The van der Waals surface area contributed by atoms with Crippen LogP contribution in [-0.4, -0.2) is 99.4 Å². The molecule has 0 aliphatic rings. The SMILES string of the molecule is O=C([O-])CCC(=O)[O-].O=C([O-])CCC(=O)[O-].[Ca+2].[Ca+2]. The molecule has 0 spiro atoms.